The van der Waals surface area contributed by atoms with Gasteiger partial charge >= 0.3 is 0 Å². The maximum Gasteiger partial charge on any atom is 0.134 e. The van der Waals surface area contributed by atoms with Crippen molar-refractivity contribution in [3.8, 4) is 0 Å². The molecular formula is C12H20BrN3. The summed E-state index contributed by atoms with van der Waals surface area (Å²) < 4.78 is 0.865. The Morgan fingerprint density at radius 1 is 1.38 bits per heavy atom. The molecule has 1 aromatic heterocycles. The second-order valence-corrected chi connectivity index (χ2v) is 5.15. The van der Waals surface area contributed by atoms with E-state index in [2.05, 4.69) is 58.6 Å². The number of hydrogen-bond acceptors (Lipinski definition) is 3. The zero-order valence-corrected chi connectivity index (χ0v) is 12.1. The Morgan fingerprint density at radius 2 is 2.06 bits per heavy atom. The molecule has 0 aliphatic heterocycles. The fourth-order valence-corrected chi connectivity index (χ4v) is 1.77. The molecule has 4 heteroatoms. The van der Waals surface area contributed by atoms with Gasteiger partial charge in [-0.25, -0.2) is 9.97 Å². The third-order valence-electron chi connectivity index (χ3n) is 2.45. The molecule has 0 amide bonds. The molecule has 0 aliphatic carbocycles. The van der Waals surface area contributed by atoms with Crippen LogP contribution in [0.5, 0.6) is 0 Å². The summed E-state index contributed by atoms with van der Waals surface area (Å²) in [6.45, 7) is 7.45. The Kier molecular flexibility index (Phi) is 5.19. The van der Waals surface area contributed by atoms with E-state index in [1.807, 2.05) is 6.07 Å². The monoisotopic (exact) mass is 285 g/mol. The lowest BCUT2D eigenvalue weighted by Gasteiger charge is -2.19. The molecule has 0 fully saturated rings. The minimum Gasteiger partial charge on any atom is -0.360 e. The Morgan fingerprint density at radius 3 is 2.62 bits per heavy atom. The second-order valence-electron chi connectivity index (χ2n) is 4.34. The summed E-state index contributed by atoms with van der Waals surface area (Å²) in [6, 6.07) is 1.97. The van der Waals surface area contributed by atoms with Crippen LogP contribution in [0.15, 0.2) is 10.7 Å². The summed E-state index contributed by atoms with van der Waals surface area (Å²) in [5.74, 6) is 2.25. The summed E-state index contributed by atoms with van der Waals surface area (Å²) in [7, 11) is 2.08. The van der Waals surface area contributed by atoms with E-state index in [0.29, 0.717) is 5.92 Å². The molecule has 3 nitrogen and oxygen atoms in total. The standard InChI is InChI=1S/C12H20BrN3/c1-5-6-7-16(4)11-8-10(13)14-12(15-11)9(2)3/h8-9H,5-7H2,1-4H3. The van der Waals surface area contributed by atoms with Gasteiger partial charge in [-0.15, -0.1) is 0 Å². The van der Waals surface area contributed by atoms with E-state index >= 15 is 0 Å². The van der Waals surface area contributed by atoms with Crippen LogP contribution in [0.4, 0.5) is 5.82 Å². The normalized spacial score (nSPS) is 10.9. The van der Waals surface area contributed by atoms with Gasteiger partial charge in [0.05, 0.1) is 0 Å². The van der Waals surface area contributed by atoms with E-state index in [0.717, 1.165) is 22.8 Å². The fraction of sp³-hybridized carbons (Fsp3) is 0.667. The van der Waals surface area contributed by atoms with Crippen molar-refractivity contribution in [2.24, 2.45) is 0 Å². The first-order valence-corrected chi connectivity index (χ1v) is 6.59. The van der Waals surface area contributed by atoms with Crippen LogP contribution in [-0.4, -0.2) is 23.6 Å². The third-order valence-corrected chi connectivity index (χ3v) is 2.86. The van der Waals surface area contributed by atoms with E-state index in [1.165, 1.54) is 12.8 Å². The van der Waals surface area contributed by atoms with Crippen molar-refractivity contribution in [2.75, 3.05) is 18.5 Å². The van der Waals surface area contributed by atoms with Crippen LogP contribution in [0.3, 0.4) is 0 Å². The maximum absolute atomic E-state index is 4.57. The molecule has 0 atom stereocenters. The van der Waals surface area contributed by atoms with Crippen molar-refractivity contribution in [1.29, 1.82) is 0 Å². The van der Waals surface area contributed by atoms with Crippen molar-refractivity contribution >= 4 is 21.7 Å². The van der Waals surface area contributed by atoms with Gasteiger partial charge < -0.3 is 4.90 Å². The zero-order valence-electron chi connectivity index (χ0n) is 10.5. The van der Waals surface area contributed by atoms with Gasteiger partial charge in [0, 0.05) is 25.6 Å². The highest BCUT2D eigenvalue weighted by Gasteiger charge is 2.09. The highest BCUT2D eigenvalue weighted by atomic mass is 79.9. The van der Waals surface area contributed by atoms with E-state index in [1.54, 1.807) is 0 Å². The average Bonchev–Trinajstić information content (AvgIpc) is 2.24. The molecule has 1 rings (SSSR count). The van der Waals surface area contributed by atoms with Crippen LogP contribution < -0.4 is 4.90 Å². The van der Waals surface area contributed by atoms with Crippen molar-refractivity contribution in [3.63, 3.8) is 0 Å². The Hall–Kier alpha value is -0.640. The van der Waals surface area contributed by atoms with Crippen molar-refractivity contribution in [1.82, 2.24) is 9.97 Å². The lowest BCUT2D eigenvalue weighted by Crippen LogP contribution is -2.20. The molecule has 0 radical (unpaired) electrons. The highest BCUT2D eigenvalue weighted by molar-refractivity contribution is 9.10. The first-order chi connectivity index (χ1) is 7.54. The topological polar surface area (TPSA) is 29.0 Å². The Labute approximate surface area is 106 Å². The molecule has 0 spiro atoms. The number of hydrogen-bond donors (Lipinski definition) is 0. The van der Waals surface area contributed by atoms with Gasteiger partial charge in [0.2, 0.25) is 0 Å². The fourth-order valence-electron chi connectivity index (χ4n) is 1.39. The minimum absolute atomic E-state index is 0.357. The van der Waals surface area contributed by atoms with Gasteiger partial charge in [-0.05, 0) is 22.4 Å². The maximum atomic E-state index is 4.57. The van der Waals surface area contributed by atoms with Crippen LogP contribution >= 0.6 is 15.9 Å². The van der Waals surface area contributed by atoms with Gasteiger partial charge in [0.25, 0.3) is 0 Å². The molecule has 0 aliphatic rings. The first-order valence-electron chi connectivity index (χ1n) is 5.80. The summed E-state index contributed by atoms with van der Waals surface area (Å²) >= 11 is 3.44. The molecule has 1 heterocycles. The number of rotatable bonds is 5. The predicted octanol–water partition coefficient (Wildman–Crippen LogP) is 3.60. The van der Waals surface area contributed by atoms with Crippen molar-refractivity contribution < 1.29 is 0 Å². The number of halogens is 1. The third kappa shape index (κ3) is 3.74. The molecule has 0 bridgehead atoms. The Balaban J connectivity index is 2.86. The SMILES string of the molecule is CCCCN(C)c1cc(Br)nc(C(C)C)n1. The summed E-state index contributed by atoms with van der Waals surface area (Å²) in [4.78, 5) is 11.1. The molecule has 0 saturated carbocycles. The average molecular weight is 286 g/mol. The second kappa shape index (κ2) is 6.18. The number of aromatic nitrogens is 2. The minimum atomic E-state index is 0.357. The predicted molar refractivity (Wildman–Crippen MR) is 72.0 cm³/mol. The number of nitrogens with zero attached hydrogens (tertiary/aromatic N) is 3. The van der Waals surface area contributed by atoms with Gasteiger partial charge in [-0.2, -0.15) is 0 Å². The lowest BCUT2D eigenvalue weighted by atomic mass is 10.2. The van der Waals surface area contributed by atoms with Gasteiger partial charge in [0.15, 0.2) is 0 Å². The molecular weight excluding hydrogens is 266 g/mol. The van der Waals surface area contributed by atoms with Crippen LogP contribution in [0.2, 0.25) is 0 Å². The number of unbranched alkanes of at least 4 members (excludes halogenated alkanes) is 1. The van der Waals surface area contributed by atoms with E-state index in [9.17, 15) is 0 Å². The van der Waals surface area contributed by atoms with Gasteiger partial charge in [-0.1, -0.05) is 27.2 Å². The highest BCUT2D eigenvalue weighted by Crippen LogP contribution is 2.19. The zero-order chi connectivity index (χ0) is 12.1. The van der Waals surface area contributed by atoms with Crippen LogP contribution in [0, 0.1) is 0 Å². The van der Waals surface area contributed by atoms with E-state index in [4.69, 9.17) is 0 Å². The van der Waals surface area contributed by atoms with Crippen molar-refractivity contribution in [2.45, 2.75) is 39.5 Å². The summed E-state index contributed by atoms with van der Waals surface area (Å²) in [5, 5.41) is 0. The molecule has 0 aromatic carbocycles. The molecule has 0 saturated heterocycles. The van der Waals surface area contributed by atoms with Crippen LogP contribution in [0.1, 0.15) is 45.4 Å². The van der Waals surface area contributed by atoms with Crippen molar-refractivity contribution in [3.05, 3.63) is 16.5 Å². The van der Waals surface area contributed by atoms with Crippen LogP contribution in [0.25, 0.3) is 0 Å². The first kappa shape index (κ1) is 13.4. The lowest BCUT2D eigenvalue weighted by molar-refractivity contribution is 0.733. The largest absolute Gasteiger partial charge is 0.360 e. The summed E-state index contributed by atoms with van der Waals surface area (Å²) in [5.41, 5.74) is 0. The quantitative estimate of drug-likeness (QED) is 0.774. The van der Waals surface area contributed by atoms with Gasteiger partial charge in [-0.3, -0.25) is 0 Å². The molecule has 0 N–H and O–H groups in total. The van der Waals surface area contributed by atoms with Gasteiger partial charge in [0.1, 0.15) is 16.2 Å². The number of anilines is 1. The molecule has 0 unspecified atom stereocenters. The smallest absolute Gasteiger partial charge is 0.134 e. The van der Waals surface area contributed by atoms with Crippen LogP contribution in [-0.2, 0) is 0 Å². The molecule has 1 aromatic rings. The molecule has 90 valence electrons. The molecule has 16 heavy (non-hydrogen) atoms. The Bertz CT molecular complexity index is 339. The summed E-state index contributed by atoms with van der Waals surface area (Å²) in [6.07, 6.45) is 2.39. The van der Waals surface area contributed by atoms with E-state index < -0.39 is 0 Å². The van der Waals surface area contributed by atoms with E-state index in [-0.39, 0.29) is 0 Å².